The average Bonchev–Trinajstić information content (AvgIpc) is 2.51. The minimum atomic E-state index is -0.348. The fourth-order valence-electron chi connectivity index (χ4n) is 1.65. The maximum atomic E-state index is 10.8. The highest BCUT2D eigenvalue weighted by molar-refractivity contribution is 7.03. The molecule has 14 heavy (non-hydrogen) atoms. The van der Waals surface area contributed by atoms with Gasteiger partial charge in [0.05, 0.1) is 17.8 Å². The maximum absolute atomic E-state index is 10.8. The molecule has 2 heterocycles. The van der Waals surface area contributed by atoms with E-state index in [9.17, 15) is 10.1 Å². The quantitative estimate of drug-likeness (QED) is 0.468. The number of rotatable bonds is 1. The lowest BCUT2D eigenvalue weighted by atomic mass is 10.2. The molecule has 0 saturated heterocycles. The minimum absolute atomic E-state index is 0.152. The molecule has 0 fully saturated rings. The van der Waals surface area contributed by atoms with Gasteiger partial charge in [-0.25, -0.2) is 0 Å². The van der Waals surface area contributed by atoms with Crippen LogP contribution in [0.25, 0.3) is 11.4 Å². The predicted octanol–water partition coefficient (Wildman–Crippen LogP) is -0.399. The van der Waals surface area contributed by atoms with Crippen LogP contribution in [-0.4, -0.2) is 27.8 Å². The molecule has 74 valence electrons. The van der Waals surface area contributed by atoms with Crippen LogP contribution in [0.15, 0.2) is 6.20 Å². The molecule has 1 aliphatic rings. The van der Waals surface area contributed by atoms with Crippen molar-refractivity contribution in [1.82, 2.24) is 9.27 Å². The fraction of sp³-hybridized carbons (Fsp3) is 0.375. The molecular formula is C8H9N3O2S. The van der Waals surface area contributed by atoms with Gasteiger partial charge in [-0.05, 0) is 29.0 Å². The molecule has 0 aromatic carbocycles. The number of nitro groups is 1. The van der Waals surface area contributed by atoms with Crippen molar-refractivity contribution < 1.29 is 4.92 Å². The summed E-state index contributed by atoms with van der Waals surface area (Å²) in [5, 5.41) is 11.5. The Kier molecular flexibility index (Phi) is 1.99. The number of fused-ring (bicyclic) bond motifs is 1. The van der Waals surface area contributed by atoms with Crippen LogP contribution < -0.4 is 9.75 Å². The van der Waals surface area contributed by atoms with E-state index in [1.807, 2.05) is 6.92 Å². The van der Waals surface area contributed by atoms with E-state index < -0.39 is 0 Å². The van der Waals surface area contributed by atoms with Crippen LogP contribution in [0.3, 0.4) is 0 Å². The lowest BCUT2D eigenvalue weighted by Crippen LogP contribution is -2.40. The number of hydrogen-bond donors (Lipinski definition) is 0. The zero-order chi connectivity index (χ0) is 10.3. The highest BCUT2D eigenvalue weighted by Gasteiger charge is 2.23. The molecule has 0 aliphatic carbocycles. The second kappa shape index (κ2) is 3.06. The summed E-state index contributed by atoms with van der Waals surface area (Å²) >= 11 is 1.32. The van der Waals surface area contributed by atoms with Crippen LogP contribution in [0.1, 0.15) is 6.92 Å². The van der Waals surface area contributed by atoms with E-state index in [2.05, 4.69) is 4.37 Å². The smallest absolute Gasteiger partial charge is 0.328 e. The largest absolute Gasteiger partial charge is 0.358 e. The van der Waals surface area contributed by atoms with E-state index in [1.165, 1.54) is 11.5 Å². The van der Waals surface area contributed by atoms with Crippen LogP contribution in [-0.2, 0) is 0 Å². The van der Waals surface area contributed by atoms with E-state index in [0.717, 1.165) is 10.1 Å². The third-order valence-electron chi connectivity index (χ3n) is 2.21. The van der Waals surface area contributed by atoms with Crippen molar-refractivity contribution in [2.75, 3.05) is 13.6 Å². The lowest BCUT2D eigenvalue weighted by Gasteiger charge is -2.16. The summed E-state index contributed by atoms with van der Waals surface area (Å²) in [5.41, 5.74) is 1.13. The van der Waals surface area contributed by atoms with Gasteiger partial charge in [-0.3, -0.25) is 4.90 Å². The topological polar surface area (TPSA) is 59.3 Å². The highest BCUT2D eigenvalue weighted by Crippen LogP contribution is 2.08. The summed E-state index contributed by atoms with van der Waals surface area (Å²) in [6.07, 6.45) is 1.57. The van der Waals surface area contributed by atoms with Crippen molar-refractivity contribution in [3.8, 4) is 0 Å². The molecule has 1 aromatic heterocycles. The van der Waals surface area contributed by atoms with Crippen LogP contribution in [0.2, 0.25) is 0 Å². The molecule has 0 amide bonds. The van der Waals surface area contributed by atoms with E-state index >= 15 is 0 Å². The van der Waals surface area contributed by atoms with Gasteiger partial charge in [-0.2, -0.15) is 4.37 Å². The molecule has 0 saturated carbocycles. The Balaban J connectivity index is 2.88. The second-order valence-corrected chi connectivity index (χ2v) is 4.09. The van der Waals surface area contributed by atoms with Crippen molar-refractivity contribution in [3.05, 3.63) is 26.1 Å². The third-order valence-corrected chi connectivity index (χ3v) is 3.17. The molecule has 1 aromatic rings. The highest BCUT2D eigenvalue weighted by atomic mass is 32.1. The summed E-state index contributed by atoms with van der Waals surface area (Å²) in [6, 6.07) is 0. The van der Waals surface area contributed by atoms with Crippen molar-refractivity contribution in [3.63, 3.8) is 0 Å². The van der Waals surface area contributed by atoms with Gasteiger partial charge in [0.15, 0.2) is 0 Å². The van der Waals surface area contributed by atoms with Crippen LogP contribution in [0, 0.1) is 10.1 Å². The number of aromatic nitrogens is 1. The van der Waals surface area contributed by atoms with Gasteiger partial charge in [0.25, 0.3) is 0 Å². The molecule has 0 radical (unpaired) electrons. The summed E-state index contributed by atoms with van der Waals surface area (Å²) < 4.78 is 4.93. The Bertz CT molecular complexity index is 505. The summed E-state index contributed by atoms with van der Waals surface area (Å²) in [5.74, 6) is 0.152. The Morgan fingerprint density at radius 1 is 1.71 bits per heavy atom. The van der Waals surface area contributed by atoms with Crippen molar-refractivity contribution >= 4 is 22.9 Å². The van der Waals surface area contributed by atoms with Crippen LogP contribution in [0.5, 0.6) is 0 Å². The molecular weight excluding hydrogens is 202 g/mol. The normalized spacial score (nSPS) is 15.7. The van der Waals surface area contributed by atoms with Crippen LogP contribution >= 0.6 is 11.5 Å². The third kappa shape index (κ3) is 1.19. The molecule has 0 spiro atoms. The fourth-order valence-corrected chi connectivity index (χ4v) is 2.38. The standard InChI is InChI=1S/C8H9N3O2S/c1-5-4-10(2)8(11(12)13)6-3-9-14-7(5)6/h3H,4H2,1-2H3. The van der Waals surface area contributed by atoms with Crippen LogP contribution in [0.4, 0.5) is 0 Å². The van der Waals surface area contributed by atoms with Gasteiger partial charge in [0.1, 0.15) is 11.8 Å². The molecule has 0 atom stereocenters. The van der Waals surface area contributed by atoms with Gasteiger partial charge >= 0.3 is 5.82 Å². The van der Waals surface area contributed by atoms with Gasteiger partial charge in [-0.15, -0.1) is 0 Å². The summed E-state index contributed by atoms with van der Waals surface area (Å²) in [4.78, 5) is 12.1. The Hall–Kier alpha value is -1.43. The first kappa shape index (κ1) is 9.14. The molecule has 0 unspecified atom stereocenters. The van der Waals surface area contributed by atoms with Crippen molar-refractivity contribution in [2.24, 2.45) is 0 Å². The average molecular weight is 211 g/mol. The first-order valence-corrected chi connectivity index (χ1v) is 4.89. The second-order valence-electron chi connectivity index (χ2n) is 3.29. The lowest BCUT2D eigenvalue weighted by molar-refractivity contribution is -0.394. The van der Waals surface area contributed by atoms with Gasteiger partial charge < -0.3 is 10.1 Å². The first-order chi connectivity index (χ1) is 6.61. The summed E-state index contributed by atoms with van der Waals surface area (Å²) in [6.45, 7) is 2.58. The SMILES string of the molecule is CC1=c2sncc2=C([N+](=O)[O-])N(C)C1. The summed E-state index contributed by atoms with van der Waals surface area (Å²) in [7, 11) is 1.72. The molecule has 1 aliphatic heterocycles. The first-order valence-electron chi connectivity index (χ1n) is 4.11. The van der Waals surface area contributed by atoms with Crippen molar-refractivity contribution in [2.45, 2.75) is 6.92 Å². The predicted molar refractivity (Wildman–Crippen MR) is 53.5 cm³/mol. The molecule has 5 nitrogen and oxygen atoms in total. The van der Waals surface area contributed by atoms with Gasteiger partial charge in [0, 0.05) is 0 Å². The van der Waals surface area contributed by atoms with E-state index in [0.29, 0.717) is 11.8 Å². The van der Waals surface area contributed by atoms with Crippen molar-refractivity contribution in [1.29, 1.82) is 0 Å². The Labute approximate surface area is 84.3 Å². The molecule has 2 rings (SSSR count). The Morgan fingerprint density at radius 3 is 3.07 bits per heavy atom. The molecule has 0 N–H and O–H groups in total. The van der Waals surface area contributed by atoms with E-state index in [4.69, 9.17) is 0 Å². The molecule has 6 heteroatoms. The maximum Gasteiger partial charge on any atom is 0.328 e. The Morgan fingerprint density at radius 2 is 2.43 bits per heavy atom. The number of hydrogen-bond acceptors (Lipinski definition) is 5. The zero-order valence-corrected chi connectivity index (χ0v) is 8.67. The number of nitrogens with zero attached hydrogens (tertiary/aromatic N) is 3. The minimum Gasteiger partial charge on any atom is -0.358 e. The van der Waals surface area contributed by atoms with E-state index in [-0.39, 0.29) is 10.7 Å². The van der Waals surface area contributed by atoms with Gasteiger partial charge in [-0.1, -0.05) is 0 Å². The van der Waals surface area contributed by atoms with E-state index in [1.54, 1.807) is 18.1 Å². The zero-order valence-electron chi connectivity index (χ0n) is 7.85. The monoisotopic (exact) mass is 211 g/mol. The van der Waals surface area contributed by atoms with Gasteiger partial charge in [0.2, 0.25) is 0 Å². The molecule has 0 bridgehead atoms.